The molecule has 1 aromatic heterocycles. The van der Waals surface area contributed by atoms with Gasteiger partial charge in [-0.15, -0.1) is 11.3 Å². The monoisotopic (exact) mass is 406 g/mol. The molecule has 2 aromatic carbocycles. The van der Waals surface area contributed by atoms with Crippen LogP contribution in [0.25, 0.3) is 22.6 Å². The standard InChI is InChI=1S/C22H15ClN2O2S/c1-14(2)22(26)27-20(16-10-6-7-11-18(16)23)17(12-24)21-25-19(13-28-21)15-8-4-3-5-9-15/h3-11,13H,1H2,2H3/b20-17+. The Balaban J connectivity index is 2.15. The van der Waals surface area contributed by atoms with Crippen molar-refractivity contribution in [2.45, 2.75) is 6.92 Å². The van der Waals surface area contributed by atoms with Crippen LogP contribution in [0.15, 0.2) is 72.1 Å². The van der Waals surface area contributed by atoms with Gasteiger partial charge in [-0.3, -0.25) is 0 Å². The van der Waals surface area contributed by atoms with Crippen LogP contribution in [-0.2, 0) is 9.53 Å². The maximum absolute atomic E-state index is 12.2. The summed E-state index contributed by atoms with van der Waals surface area (Å²) in [5, 5.41) is 12.5. The number of allylic oxidation sites excluding steroid dienone is 1. The smallest absolute Gasteiger partial charge is 0.338 e. The molecule has 0 fully saturated rings. The third kappa shape index (κ3) is 4.20. The van der Waals surface area contributed by atoms with Gasteiger partial charge in [-0.05, 0) is 19.1 Å². The van der Waals surface area contributed by atoms with Crippen LogP contribution in [0.4, 0.5) is 0 Å². The average Bonchev–Trinajstić information content (AvgIpc) is 3.18. The molecule has 0 spiro atoms. The van der Waals surface area contributed by atoms with Crippen molar-refractivity contribution in [2.75, 3.05) is 0 Å². The number of benzene rings is 2. The second-order valence-electron chi connectivity index (χ2n) is 5.87. The number of aromatic nitrogens is 1. The van der Waals surface area contributed by atoms with Crippen LogP contribution in [0.2, 0.25) is 5.02 Å². The quantitative estimate of drug-likeness (QED) is 0.226. The normalized spacial score (nSPS) is 11.3. The van der Waals surface area contributed by atoms with Crippen molar-refractivity contribution in [3.63, 3.8) is 0 Å². The molecule has 0 N–H and O–H groups in total. The molecule has 0 bridgehead atoms. The molecule has 1 heterocycles. The van der Waals surface area contributed by atoms with Crippen LogP contribution in [0, 0.1) is 11.3 Å². The number of thiazole rings is 1. The fourth-order valence-electron chi connectivity index (χ4n) is 2.39. The Labute approximate surface area is 172 Å². The van der Waals surface area contributed by atoms with Gasteiger partial charge in [0.15, 0.2) is 5.76 Å². The van der Waals surface area contributed by atoms with Gasteiger partial charge in [-0.25, -0.2) is 9.78 Å². The average molecular weight is 407 g/mol. The molecule has 0 aliphatic heterocycles. The Bertz CT molecular complexity index is 1110. The first-order chi connectivity index (χ1) is 13.5. The Morgan fingerprint density at radius 2 is 1.86 bits per heavy atom. The zero-order valence-corrected chi connectivity index (χ0v) is 16.6. The highest BCUT2D eigenvalue weighted by molar-refractivity contribution is 7.11. The van der Waals surface area contributed by atoms with E-state index in [4.69, 9.17) is 16.3 Å². The largest absolute Gasteiger partial charge is 0.421 e. The molecular weight excluding hydrogens is 392 g/mol. The Morgan fingerprint density at radius 1 is 1.18 bits per heavy atom. The molecule has 0 saturated heterocycles. The first kappa shape index (κ1) is 19.6. The summed E-state index contributed by atoms with van der Waals surface area (Å²) in [6.45, 7) is 5.14. The summed E-state index contributed by atoms with van der Waals surface area (Å²) in [6.07, 6.45) is 0. The molecule has 0 radical (unpaired) electrons. The van der Waals surface area contributed by atoms with Crippen LogP contribution < -0.4 is 0 Å². The molecule has 0 aliphatic rings. The fraction of sp³-hybridized carbons (Fsp3) is 0.0455. The van der Waals surface area contributed by atoms with E-state index in [0.717, 1.165) is 11.3 Å². The van der Waals surface area contributed by atoms with Crippen molar-refractivity contribution in [2.24, 2.45) is 0 Å². The topological polar surface area (TPSA) is 63.0 Å². The van der Waals surface area contributed by atoms with Gasteiger partial charge in [-0.1, -0.05) is 60.6 Å². The predicted molar refractivity (Wildman–Crippen MR) is 112 cm³/mol. The number of nitrogens with zero attached hydrogens (tertiary/aromatic N) is 2. The summed E-state index contributed by atoms with van der Waals surface area (Å²) < 4.78 is 5.50. The summed E-state index contributed by atoms with van der Waals surface area (Å²) in [5.74, 6) is -0.572. The number of esters is 1. The number of carbonyl (C=O) groups excluding carboxylic acids is 1. The molecule has 0 amide bonds. The Morgan fingerprint density at radius 3 is 2.50 bits per heavy atom. The zero-order valence-electron chi connectivity index (χ0n) is 15.0. The molecule has 0 atom stereocenters. The number of carbonyl (C=O) groups is 1. The summed E-state index contributed by atoms with van der Waals surface area (Å²) >= 11 is 7.59. The molecule has 0 aliphatic carbocycles. The van der Waals surface area contributed by atoms with Gasteiger partial charge in [0.05, 0.1) is 10.7 Å². The molecular formula is C22H15ClN2O2S. The van der Waals surface area contributed by atoms with Crippen molar-refractivity contribution in [3.05, 3.63) is 87.7 Å². The minimum absolute atomic E-state index is 0.0649. The van der Waals surface area contributed by atoms with Crippen molar-refractivity contribution in [3.8, 4) is 17.3 Å². The second-order valence-corrected chi connectivity index (χ2v) is 7.13. The minimum Gasteiger partial charge on any atom is -0.421 e. The van der Waals surface area contributed by atoms with Crippen LogP contribution in [0.1, 0.15) is 17.5 Å². The van der Waals surface area contributed by atoms with Gasteiger partial charge in [0, 0.05) is 22.1 Å². The molecule has 28 heavy (non-hydrogen) atoms. The van der Waals surface area contributed by atoms with E-state index in [9.17, 15) is 10.1 Å². The number of nitriles is 1. The summed E-state index contributed by atoms with van der Waals surface area (Å²) in [4.78, 5) is 16.8. The van der Waals surface area contributed by atoms with Crippen molar-refractivity contribution < 1.29 is 9.53 Å². The van der Waals surface area contributed by atoms with Crippen LogP contribution in [0.5, 0.6) is 0 Å². The maximum Gasteiger partial charge on any atom is 0.338 e. The first-order valence-corrected chi connectivity index (χ1v) is 9.55. The van der Waals surface area contributed by atoms with E-state index < -0.39 is 5.97 Å². The fourth-order valence-corrected chi connectivity index (χ4v) is 3.43. The lowest BCUT2D eigenvalue weighted by atomic mass is 10.1. The van der Waals surface area contributed by atoms with Crippen molar-refractivity contribution >= 4 is 40.2 Å². The van der Waals surface area contributed by atoms with E-state index in [1.807, 2.05) is 35.7 Å². The van der Waals surface area contributed by atoms with Crippen LogP contribution in [0.3, 0.4) is 0 Å². The van der Waals surface area contributed by atoms with Crippen molar-refractivity contribution in [1.29, 1.82) is 5.26 Å². The summed E-state index contributed by atoms with van der Waals surface area (Å²) in [6, 6.07) is 18.6. The lowest BCUT2D eigenvalue weighted by Gasteiger charge is -2.12. The lowest BCUT2D eigenvalue weighted by molar-refractivity contribution is -0.132. The van der Waals surface area contributed by atoms with E-state index in [1.165, 1.54) is 18.3 Å². The molecule has 138 valence electrons. The number of halogens is 1. The third-order valence-electron chi connectivity index (χ3n) is 3.79. The van der Waals surface area contributed by atoms with Gasteiger partial charge in [-0.2, -0.15) is 5.26 Å². The van der Waals surface area contributed by atoms with Gasteiger partial charge in [0.2, 0.25) is 0 Å². The summed E-state index contributed by atoms with van der Waals surface area (Å²) in [7, 11) is 0. The first-order valence-electron chi connectivity index (χ1n) is 8.29. The van der Waals surface area contributed by atoms with E-state index in [1.54, 1.807) is 24.3 Å². The highest BCUT2D eigenvalue weighted by Crippen LogP contribution is 2.34. The molecule has 4 nitrogen and oxygen atoms in total. The molecule has 0 unspecified atom stereocenters. The maximum atomic E-state index is 12.2. The van der Waals surface area contributed by atoms with Gasteiger partial charge < -0.3 is 4.74 Å². The van der Waals surface area contributed by atoms with Gasteiger partial charge >= 0.3 is 5.97 Å². The highest BCUT2D eigenvalue weighted by Gasteiger charge is 2.22. The van der Waals surface area contributed by atoms with Gasteiger partial charge in [0.1, 0.15) is 16.6 Å². The molecule has 3 rings (SSSR count). The third-order valence-corrected chi connectivity index (χ3v) is 4.98. The highest BCUT2D eigenvalue weighted by atomic mass is 35.5. The van der Waals surface area contributed by atoms with Gasteiger partial charge in [0.25, 0.3) is 0 Å². The second kappa shape index (κ2) is 8.66. The predicted octanol–water partition coefficient (Wildman–Crippen LogP) is 5.97. The lowest BCUT2D eigenvalue weighted by Crippen LogP contribution is -2.06. The number of ether oxygens (including phenoxy) is 1. The Hall–Kier alpha value is -3.20. The molecule has 6 heteroatoms. The Kier molecular flexibility index (Phi) is 6.05. The number of hydrogen-bond acceptors (Lipinski definition) is 5. The van der Waals surface area contributed by atoms with E-state index in [0.29, 0.717) is 15.6 Å². The van der Waals surface area contributed by atoms with Crippen LogP contribution in [-0.4, -0.2) is 11.0 Å². The zero-order chi connectivity index (χ0) is 20.1. The number of hydrogen-bond donors (Lipinski definition) is 0. The van der Waals surface area contributed by atoms with Crippen LogP contribution >= 0.6 is 22.9 Å². The SMILES string of the molecule is C=C(C)C(=O)O/C(=C(\C#N)c1nc(-c2ccccc2)cs1)c1ccccc1Cl. The van der Waals surface area contributed by atoms with E-state index in [-0.39, 0.29) is 16.9 Å². The van der Waals surface area contributed by atoms with Crippen molar-refractivity contribution in [1.82, 2.24) is 4.98 Å². The number of rotatable bonds is 5. The van der Waals surface area contributed by atoms with E-state index >= 15 is 0 Å². The summed E-state index contributed by atoms with van der Waals surface area (Å²) in [5.41, 5.74) is 2.45. The van der Waals surface area contributed by atoms with E-state index in [2.05, 4.69) is 17.6 Å². The molecule has 0 saturated carbocycles. The minimum atomic E-state index is -0.637. The molecule has 3 aromatic rings.